The number of halogens is 1. The molecule has 0 aliphatic carbocycles. The molecule has 21 heavy (non-hydrogen) atoms. The number of fused-ring (bicyclic) bond motifs is 1. The number of hydrogen-bond acceptors (Lipinski definition) is 3. The van der Waals surface area contributed by atoms with E-state index in [-0.39, 0.29) is 5.92 Å². The fourth-order valence-corrected chi connectivity index (χ4v) is 2.53. The highest BCUT2D eigenvalue weighted by Gasteiger charge is 2.15. The van der Waals surface area contributed by atoms with Gasteiger partial charge in [0.05, 0.1) is 5.69 Å². The highest BCUT2D eigenvalue weighted by molar-refractivity contribution is 6.30. The molecule has 0 saturated carbocycles. The van der Waals surface area contributed by atoms with E-state index in [1.165, 1.54) is 0 Å². The maximum absolute atomic E-state index is 6.30. The van der Waals surface area contributed by atoms with Gasteiger partial charge in [-0.25, -0.2) is 9.97 Å². The van der Waals surface area contributed by atoms with E-state index < -0.39 is 0 Å². The lowest BCUT2D eigenvalue weighted by atomic mass is 10.0. The zero-order chi connectivity index (χ0) is 15.0. The van der Waals surface area contributed by atoms with Gasteiger partial charge in [-0.15, -0.1) is 0 Å². The summed E-state index contributed by atoms with van der Waals surface area (Å²) in [5, 5.41) is 2.74. The topological polar surface area (TPSA) is 38.7 Å². The van der Waals surface area contributed by atoms with Crippen molar-refractivity contribution < 1.29 is 0 Å². The van der Waals surface area contributed by atoms with E-state index in [0.29, 0.717) is 5.15 Å². The van der Waals surface area contributed by atoms with Gasteiger partial charge >= 0.3 is 0 Å². The minimum Gasteiger partial charge on any atom is -0.264 e. The zero-order valence-corrected chi connectivity index (χ0v) is 13.0. The minimum atomic E-state index is 0.235. The van der Waals surface area contributed by atoms with Gasteiger partial charge in [0.25, 0.3) is 0 Å². The number of rotatable bonds is 2. The van der Waals surface area contributed by atoms with Crippen LogP contribution in [0.3, 0.4) is 0 Å². The third-order valence-corrected chi connectivity index (χ3v) is 3.92. The molecule has 0 N–H and O–H groups in total. The van der Waals surface area contributed by atoms with Crippen molar-refractivity contribution in [2.75, 3.05) is 0 Å². The normalized spacial score (nSPS) is 11.3. The van der Waals surface area contributed by atoms with E-state index in [9.17, 15) is 0 Å². The van der Waals surface area contributed by atoms with Crippen LogP contribution in [-0.2, 0) is 0 Å². The number of aromatic nitrogens is 3. The first-order valence-electron chi connectivity index (χ1n) is 6.95. The summed E-state index contributed by atoms with van der Waals surface area (Å²) in [6, 6.07) is 8.14. The highest BCUT2D eigenvalue weighted by Crippen LogP contribution is 2.32. The predicted molar refractivity (Wildman–Crippen MR) is 86.6 cm³/mol. The van der Waals surface area contributed by atoms with Crippen LogP contribution in [0.2, 0.25) is 5.15 Å². The molecule has 0 fully saturated rings. The first-order chi connectivity index (χ1) is 10.1. The Balaban J connectivity index is 2.32. The Morgan fingerprint density at radius 3 is 2.67 bits per heavy atom. The molecule has 0 radical (unpaired) electrons. The molecule has 2 aromatic heterocycles. The second kappa shape index (κ2) is 5.41. The first kappa shape index (κ1) is 14.0. The highest BCUT2D eigenvalue weighted by atomic mass is 35.5. The van der Waals surface area contributed by atoms with Gasteiger partial charge in [-0.05, 0) is 18.4 Å². The van der Waals surface area contributed by atoms with Crippen LogP contribution in [0.15, 0.2) is 36.7 Å². The Labute approximate surface area is 129 Å². The maximum Gasteiger partial charge on any atom is 0.136 e. The van der Waals surface area contributed by atoms with Crippen LogP contribution >= 0.6 is 11.6 Å². The van der Waals surface area contributed by atoms with E-state index in [1.807, 2.05) is 31.3 Å². The molecule has 3 nitrogen and oxygen atoms in total. The lowest BCUT2D eigenvalue weighted by Crippen LogP contribution is -2.02. The van der Waals surface area contributed by atoms with E-state index in [0.717, 1.165) is 33.4 Å². The number of hydrogen-bond donors (Lipinski definition) is 0. The van der Waals surface area contributed by atoms with Gasteiger partial charge in [0, 0.05) is 34.8 Å². The third kappa shape index (κ3) is 2.49. The molecule has 0 bridgehead atoms. The van der Waals surface area contributed by atoms with Crippen LogP contribution in [0, 0.1) is 6.92 Å². The van der Waals surface area contributed by atoms with Crippen molar-refractivity contribution in [1.29, 1.82) is 0 Å². The molecule has 0 atom stereocenters. The second-order valence-corrected chi connectivity index (χ2v) is 5.76. The average molecular weight is 298 g/mol. The van der Waals surface area contributed by atoms with Crippen LogP contribution in [-0.4, -0.2) is 15.0 Å². The number of benzene rings is 1. The van der Waals surface area contributed by atoms with Crippen LogP contribution in [0.5, 0.6) is 0 Å². The molecule has 3 aromatic rings. The van der Waals surface area contributed by atoms with Gasteiger partial charge in [0.1, 0.15) is 11.0 Å². The fraction of sp³-hybridized carbons (Fsp3) is 0.235. The van der Waals surface area contributed by atoms with Gasteiger partial charge < -0.3 is 0 Å². The first-order valence-corrected chi connectivity index (χ1v) is 7.33. The summed E-state index contributed by atoms with van der Waals surface area (Å²) < 4.78 is 0. The average Bonchev–Trinajstić information content (AvgIpc) is 2.49. The van der Waals surface area contributed by atoms with Gasteiger partial charge in [0.2, 0.25) is 0 Å². The van der Waals surface area contributed by atoms with Crippen LogP contribution in [0.25, 0.3) is 22.0 Å². The number of pyridine rings is 1. The second-order valence-electron chi connectivity index (χ2n) is 5.40. The molecule has 0 spiro atoms. The van der Waals surface area contributed by atoms with Crippen molar-refractivity contribution >= 4 is 22.4 Å². The molecule has 2 heterocycles. The third-order valence-electron chi connectivity index (χ3n) is 3.56. The van der Waals surface area contributed by atoms with Gasteiger partial charge in [-0.3, -0.25) is 4.98 Å². The summed E-state index contributed by atoms with van der Waals surface area (Å²) >= 11 is 6.30. The molecule has 0 aliphatic rings. The summed E-state index contributed by atoms with van der Waals surface area (Å²) in [4.78, 5) is 13.3. The van der Waals surface area contributed by atoms with Gasteiger partial charge in [0.15, 0.2) is 0 Å². The minimum absolute atomic E-state index is 0.235. The molecule has 0 aliphatic heterocycles. The van der Waals surface area contributed by atoms with Crippen molar-refractivity contribution in [3.8, 4) is 11.3 Å². The van der Waals surface area contributed by atoms with Crippen LogP contribution in [0.4, 0.5) is 0 Å². The van der Waals surface area contributed by atoms with Gasteiger partial charge in [-0.2, -0.15) is 0 Å². The number of nitrogens with zero attached hydrogens (tertiary/aromatic N) is 3. The SMILES string of the molecule is Cc1c(Cl)nc(C(C)C)nc1-c1cccc2cnccc12. The monoisotopic (exact) mass is 297 g/mol. The molecule has 3 rings (SSSR count). The molecule has 0 saturated heterocycles. The summed E-state index contributed by atoms with van der Waals surface area (Å²) in [5.74, 6) is 1.00. The molecule has 4 heteroatoms. The molecule has 0 amide bonds. The Kier molecular flexibility index (Phi) is 3.60. The van der Waals surface area contributed by atoms with E-state index in [4.69, 9.17) is 16.6 Å². The quantitative estimate of drug-likeness (QED) is 0.639. The summed E-state index contributed by atoms with van der Waals surface area (Å²) in [6.07, 6.45) is 3.66. The zero-order valence-electron chi connectivity index (χ0n) is 12.3. The Bertz CT molecular complexity index is 807. The fourth-order valence-electron chi connectivity index (χ4n) is 2.35. The maximum atomic E-state index is 6.30. The lowest BCUT2D eigenvalue weighted by molar-refractivity contribution is 0.773. The van der Waals surface area contributed by atoms with E-state index in [1.54, 1.807) is 6.20 Å². The molecule has 106 valence electrons. The molecule has 1 aromatic carbocycles. The van der Waals surface area contributed by atoms with Crippen molar-refractivity contribution in [2.24, 2.45) is 0 Å². The van der Waals surface area contributed by atoms with E-state index >= 15 is 0 Å². The Hall–Kier alpha value is -2.00. The molecular weight excluding hydrogens is 282 g/mol. The van der Waals surface area contributed by atoms with Crippen molar-refractivity contribution in [1.82, 2.24) is 15.0 Å². The summed E-state index contributed by atoms with van der Waals surface area (Å²) in [7, 11) is 0. The predicted octanol–water partition coefficient (Wildman–Crippen LogP) is 4.78. The molecular formula is C17H16ClN3. The Morgan fingerprint density at radius 1 is 1.10 bits per heavy atom. The summed E-state index contributed by atoms with van der Waals surface area (Å²) in [5.41, 5.74) is 2.87. The van der Waals surface area contributed by atoms with E-state index in [2.05, 4.69) is 29.9 Å². The van der Waals surface area contributed by atoms with Gasteiger partial charge in [-0.1, -0.05) is 43.6 Å². The Morgan fingerprint density at radius 2 is 1.90 bits per heavy atom. The van der Waals surface area contributed by atoms with Crippen molar-refractivity contribution in [3.05, 3.63) is 53.2 Å². The molecule has 0 unspecified atom stereocenters. The van der Waals surface area contributed by atoms with Crippen molar-refractivity contribution in [2.45, 2.75) is 26.7 Å². The van der Waals surface area contributed by atoms with Crippen molar-refractivity contribution in [3.63, 3.8) is 0 Å². The largest absolute Gasteiger partial charge is 0.264 e. The standard InChI is InChI=1S/C17H16ClN3/c1-10(2)17-20-15(11(3)16(18)21-17)14-6-4-5-12-9-19-8-7-13(12)14/h4-10H,1-3H3. The smallest absolute Gasteiger partial charge is 0.136 e. The lowest BCUT2D eigenvalue weighted by Gasteiger charge is -2.13. The van der Waals surface area contributed by atoms with Crippen LogP contribution in [0.1, 0.15) is 31.2 Å². The van der Waals surface area contributed by atoms with Crippen LogP contribution < -0.4 is 0 Å². The summed E-state index contributed by atoms with van der Waals surface area (Å²) in [6.45, 7) is 6.09.